The Morgan fingerprint density at radius 3 is 2.46 bits per heavy atom. The first kappa shape index (κ1) is 16.0. The molecule has 6 heteroatoms. The highest BCUT2D eigenvalue weighted by Crippen LogP contribution is 2.33. The van der Waals surface area contributed by atoms with Gasteiger partial charge in [0.2, 0.25) is 0 Å². The van der Waals surface area contributed by atoms with E-state index in [0.717, 1.165) is 17.0 Å². The number of ether oxygens (including phenoxy) is 1. The van der Waals surface area contributed by atoms with Gasteiger partial charge in [0, 0.05) is 11.8 Å². The molecule has 0 atom stereocenters. The number of hydrogen-bond acceptors (Lipinski definition) is 4. The van der Waals surface area contributed by atoms with E-state index >= 15 is 0 Å². The monoisotopic (exact) mass is 346 g/mol. The minimum Gasteiger partial charge on any atom is -0.497 e. The van der Waals surface area contributed by atoms with Crippen LogP contribution in [0.15, 0.2) is 83.2 Å². The third kappa shape index (κ3) is 2.93. The highest BCUT2D eigenvalue weighted by molar-refractivity contribution is 5.74. The predicted molar refractivity (Wildman–Crippen MR) is 97.8 cm³/mol. The smallest absolute Gasteiger partial charge is 0.187 e. The number of pyridine rings is 1. The van der Waals surface area contributed by atoms with Crippen LogP contribution in [0.4, 0.5) is 15.9 Å². The van der Waals surface area contributed by atoms with E-state index in [4.69, 9.17) is 4.74 Å². The first-order valence-corrected chi connectivity index (χ1v) is 8.04. The van der Waals surface area contributed by atoms with Gasteiger partial charge in [0.15, 0.2) is 11.6 Å². The lowest BCUT2D eigenvalue weighted by molar-refractivity contribution is 0.415. The fraction of sp³-hybridized carbons (Fsp3) is 0.0500. The Bertz CT molecular complexity index is 1090. The number of aromatic nitrogens is 2. The summed E-state index contributed by atoms with van der Waals surface area (Å²) in [5.74, 6) is 0.872. The lowest BCUT2D eigenvalue weighted by Crippen LogP contribution is -1.84. The van der Waals surface area contributed by atoms with E-state index in [0.29, 0.717) is 11.5 Å². The normalized spacial score (nSPS) is 11.3. The van der Waals surface area contributed by atoms with E-state index in [1.807, 2.05) is 53.1 Å². The molecule has 0 amide bonds. The lowest BCUT2D eigenvalue weighted by atomic mass is 10.1. The number of rotatable bonds is 4. The van der Waals surface area contributed by atoms with E-state index in [1.54, 1.807) is 25.3 Å². The Morgan fingerprint density at radius 1 is 0.923 bits per heavy atom. The second-order valence-corrected chi connectivity index (χ2v) is 5.59. The van der Waals surface area contributed by atoms with Crippen LogP contribution in [0.3, 0.4) is 0 Å². The minimum atomic E-state index is -0.420. The van der Waals surface area contributed by atoms with Crippen molar-refractivity contribution >= 4 is 17.2 Å². The molecule has 0 aliphatic heterocycles. The van der Waals surface area contributed by atoms with Crippen molar-refractivity contribution in [3.05, 3.63) is 78.7 Å². The minimum absolute atomic E-state index is 0.180. The van der Waals surface area contributed by atoms with Crippen LogP contribution in [0.1, 0.15) is 0 Å². The average molecular weight is 346 g/mol. The van der Waals surface area contributed by atoms with Gasteiger partial charge in [0.1, 0.15) is 22.8 Å². The molecule has 0 unspecified atom stereocenters. The lowest BCUT2D eigenvalue weighted by Gasteiger charge is -2.02. The van der Waals surface area contributed by atoms with Crippen LogP contribution in [0.25, 0.3) is 16.9 Å². The van der Waals surface area contributed by atoms with Gasteiger partial charge in [-0.05, 0) is 48.5 Å². The van der Waals surface area contributed by atoms with Crippen LogP contribution in [0.2, 0.25) is 0 Å². The van der Waals surface area contributed by atoms with E-state index in [2.05, 4.69) is 15.2 Å². The van der Waals surface area contributed by atoms with Crippen molar-refractivity contribution in [2.24, 2.45) is 10.2 Å². The molecule has 2 heterocycles. The van der Waals surface area contributed by atoms with Gasteiger partial charge in [-0.25, -0.2) is 9.37 Å². The molecule has 0 bridgehead atoms. The molecule has 2 aromatic carbocycles. The molecule has 128 valence electrons. The first-order valence-electron chi connectivity index (χ1n) is 8.04. The van der Waals surface area contributed by atoms with Gasteiger partial charge in [0.05, 0.1) is 7.11 Å². The van der Waals surface area contributed by atoms with Gasteiger partial charge in [-0.2, -0.15) is 0 Å². The van der Waals surface area contributed by atoms with Gasteiger partial charge >= 0.3 is 0 Å². The Morgan fingerprint density at radius 2 is 1.69 bits per heavy atom. The summed E-state index contributed by atoms with van der Waals surface area (Å²) < 4.78 is 20.9. The molecule has 2 aromatic heterocycles. The van der Waals surface area contributed by atoms with E-state index < -0.39 is 5.82 Å². The van der Waals surface area contributed by atoms with E-state index in [9.17, 15) is 4.39 Å². The molecule has 0 spiro atoms. The number of hydrogen-bond donors (Lipinski definition) is 0. The zero-order valence-electron chi connectivity index (χ0n) is 14.0. The van der Waals surface area contributed by atoms with Crippen LogP contribution < -0.4 is 4.74 Å². The SMILES string of the molecule is COc1ccc(-c2nc3ccccn3c2N=Nc2ccccc2F)cc1. The number of azo groups is 1. The molecule has 0 N–H and O–H groups in total. The topological polar surface area (TPSA) is 51.2 Å². The summed E-state index contributed by atoms with van der Waals surface area (Å²) in [6.07, 6.45) is 1.85. The average Bonchev–Trinajstić information content (AvgIpc) is 3.06. The molecule has 0 fully saturated rings. The summed E-state index contributed by atoms with van der Waals surface area (Å²) in [5, 5.41) is 8.38. The standard InChI is InChI=1S/C20H15FN4O/c1-26-15-11-9-14(10-12-15)19-20(25-13-5-4-8-18(25)22-19)24-23-17-7-3-2-6-16(17)21/h2-13H,1H3. The Hall–Kier alpha value is -3.54. The number of nitrogens with zero attached hydrogens (tertiary/aromatic N) is 4. The number of methoxy groups -OCH3 is 1. The number of benzene rings is 2. The third-order valence-electron chi connectivity index (χ3n) is 3.97. The first-order chi connectivity index (χ1) is 12.8. The molecule has 0 radical (unpaired) electrons. The van der Waals surface area contributed by atoms with Crippen LogP contribution in [-0.2, 0) is 0 Å². The number of fused-ring (bicyclic) bond motifs is 1. The molecule has 5 nitrogen and oxygen atoms in total. The highest BCUT2D eigenvalue weighted by atomic mass is 19.1. The summed E-state index contributed by atoms with van der Waals surface area (Å²) in [4.78, 5) is 4.65. The zero-order chi connectivity index (χ0) is 17.9. The second kappa shape index (κ2) is 6.76. The maximum absolute atomic E-state index is 13.8. The molecular weight excluding hydrogens is 331 g/mol. The van der Waals surface area contributed by atoms with Crippen LogP contribution in [0.5, 0.6) is 5.75 Å². The fourth-order valence-electron chi connectivity index (χ4n) is 2.66. The molecule has 0 saturated carbocycles. The van der Waals surface area contributed by atoms with Gasteiger partial charge in [0.25, 0.3) is 0 Å². The van der Waals surface area contributed by atoms with Gasteiger partial charge in [-0.3, -0.25) is 4.40 Å². The molecule has 4 aromatic rings. The van der Waals surface area contributed by atoms with Crippen LogP contribution in [-0.4, -0.2) is 16.5 Å². The number of imidazole rings is 1. The molecule has 4 rings (SSSR count). The van der Waals surface area contributed by atoms with Crippen molar-refractivity contribution < 1.29 is 9.13 Å². The third-order valence-corrected chi connectivity index (χ3v) is 3.97. The zero-order valence-corrected chi connectivity index (χ0v) is 14.0. The van der Waals surface area contributed by atoms with E-state index in [-0.39, 0.29) is 5.69 Å². The number of halogens is 1. The van der Waals surface area contributed by atoms with Gasteiger partial charge in [-0.1, -0.05) is 18.2 Å². The predicted octanol–water partition coefficient (Wildman–Crippen LogP) is 5.56. The Labute approximate surface area is 149 Å². The molecule has 0 aliphatic rings. The molecule has 26 heavy (non-hydrogen) atoms. The maximum atomic E-state index is 13.8. The van der Waals surface area contributed by atoms with Crippen molar-refractivity contribution in [3.8, 4) is 17.0 Å². The summed E-state index contributed by atoms with van der Waals surface area (Å²) in [7, 11) is 1.62. The molecular formula is C20H15FN4O. The summed E-state index contributed by atoms with van der Waals surface area (Å²) >= 11 is 0. The van der Waals surface area contributed by atoms with E-state index in [1.165, 1.54) is 6.07 Å². The Kier molecular flexibility index (Phi) is 4.15. The van der Waals surface area contributed by atoms with Crippen molar-refractivity contribution in [1.29, 1.82) is 0 Å². The Balaban J connectivity index is 1.85. The fourth-order valence-corrected chi connectivity index (χ4v) is 2.66. The summed E-state index contributed by atoms with van der Waals surface area (Å²) in [5.41, 5.74) is 2.45. The van der Waals surface area contributed by atoms with Crippen molar-refractivity contribution in [2.75, 3.05) is 7.11 Å². The van der Waals surface area contributed by atoms with Gasteiger partial charge < -0.3 is 4.74 Å². The second-order valence-electron chi connectivity index (χ2n) is 5.59. The van der Waals surface area contributed by atoms with Crippen LogP contribution in [0, 0.1) is 5.82 Å². The largest absolute Gasteiger partial charge is 0.497 e. The quantitative estimate of drug-likeness (QED) is 0.454. The van der Waals surface area contributed by atoms with Crippen molar-refractivity contribution in [2.45, 2.75) is 0 Å². The van der Waals surface area contributed by atoms with Crippen LogP contribution >= 0.6 is 0 Å². The molecule has 0 saturated heterocycles. The van der Waals surface area contributed by atoms with Gasteiger partial charge in [-0.15, -0.1) is 10.2 Å². The summed E-state index contributed by atoms with van der Waals surface area (Å²) in [6.45, 7) is 0. The van der Waals surface area contributed by atoms with Crippen molar-refractivity contribution in [3.63, 3.8) is 0 Å². The highest BCUT2D eigenvalue weighted by Gasteiger charge is 2.14. The van der Waals surface area contributed by atoms with Crippen molar-refractivity contribution in [1.82, 2.24) is 9.38 Å². The maximum Gasteiger partial charge on any atom is 0.187 e. The summed E-state index contributed by atoms with van der Waals surface area (Å²) in [6, 6.07) is 19.5. The molecule has 0 aliphatic carbocycles.